The molecule has 2 fully saturated rings. The monoisotopic (exact) mass is 252 g/mol. The van der Waals surface area contributed by atoms with Gasteiger partial charge in [0.05, 0.1) is 6.54 Å². The SMILES string of the molecule is CN(C(=O)CN1CCCC1=O)C1CCCCCC1. The highest BCUT2D eigenvalue weighted by Crippen LogP contribution is 2.21. The van der Waals surface area contributed by atoms with Crippen LogP contribution in [0.3, 0.4) is 0 Å². The summed E-state index contributed by atoms with van der Waals surface area (Å²) in [6.07, 6.45) is 8.80. The van der Waals surface area contributed by atoms with Crippen molar-refractivity contribution in [3.8, 4) is 0 Å². The molecule has 0 radical (unpaired) electrons. The third-order valence-corrected chi connectivity index (χ3v) is 4.26. The fraction of sp³-hybridized carbons (Fsp3) is 0.857. The van der Waals surface area contributed by atoms with Crippen molar-refractivity contribution >= 4 is 11.8 Å². The van der Waals surface area contributed by atoms with Crippen LogP contribution in [0.1, 0.15) is 51.4 Å². The minimum Gasteiger partial charge on any atom is -0.341 e. The number of hydrogen-bond acceptors (Lipinski definition) is 2. The topological polar surface area (TPSA) is 40.6 Å². The highest BCUT2D eigenvalue weighted by molar-refractivity contribution is 5.85. The van der Waals surface area contributed by atoms with E-state index < -0.39 is 0 Å². The maximum absolute atomic E-state index is 12.2. The normalized spacial score (nSPS) is 22.1. The molecule has 0 N–H and O–H groups in total. The maximum atomic E-state index is 12.2. The van der Waals surface area contributed by atoms with Crippen molar-refractivity contribution in [2.24, 2.45) is 0 Å². The lowest BCUT2D eigenvalue weighted by atomic mass is 10.1. The Labute approximate surface area is 109 Å². The summed E-state index contributed by atoms with van der Waals surface area (Å²) in [5.74, 6) is 0.245. The molecule has 2 rings (SSSR count). The van der Waals surface area contributed by atoms with Gasteiger partial charge in [0.1, 0.15) is 0 Å². The molecular formula is C14H24N2O2. The molecule has 1 aliphatic carbocycles. The van der Waals surface area contributed by atoms with E-state index >= 15 is 0 Å². The van der Waals surface area contributed by atoms with Crippen molar-refractivity contribution < 1.29 is 9.59 Å². The van der Waals surface area contributed by atoms with Gasteiger partial charge in [-0.05, 0) is 19.3 Å². The molecule has 0 spiro atoms. The van der Waals surface area contributed by atoms with Crippen LogP contribution < -0.4 is 0 Å². The lowest BCUT2D eigenvalue weighted by Gasteiger charge is -2.29. The lowest BCUT2D eigenvalue weighted by molar-refractivity contribution is -0.139. The molecular weight excluding hydrogens is 228 g/mol. The third kappa shape index (κ3) is 3.24. The van der Waals surface area contributed by atoms with E-state index in [1.807, 2.05) is 11.9 Å². The quantitative estimate of drug-likeness (QED) is 0.719. The summed E-state index contributed by atoms with van der Waals surface area (Å²) in [4.78, 5) is 27.3. The van der Waals surface area contributed by atoms with Crippen molar-refractivity contribution in [3.05, 3.63) is 0 Å². The van der Waals surface area contributed by atoms with E-state index in [4.69, 9.17) is 0 Å². The molecule has 1 saturated heterocycles. The Bertz CT molecular complexity index is 309. The van der Waals surface area contributed by atoms with Crippen LogP contribution in [-0.2, 0) is 9.59 Å². The van der Waals surface area contributed by atoms with Gasteiger partial charge in [-0.2, -0.15) is 0 Å². The van der Waals surface area contributed by atoms with Crippen LogP contribution >= 0.6 is 0 Å². The van der Waals surface area contributed by atoms with Crippen LogP contribution in [0, 0.1) is 0 Å². The number of likely N-dealkylation sites (N-methyl/N-ethyl adjacent to an activating group) is 1. The number of nitrogens with zero attached hydrogens (tertiary/aromatic N) is 2. The summed E-state index contributed by atoms with van der Waals surface area (Å²) in [6, 6.07) is 0.387. The average Bonchev–Trinajstić information content (AvgIpc) is 2.63. The molecule has 0 unspecified atom stereocenters. The Kier molecular flexibility index (Phi) is 4.61. The Balaban J connectivity index is 1.85. The zero-order valence-electron chi connectivity index (χ0n) is 11.4. The fourth-order valence-electron chi connectivity index (χ4n) is 2.99. The van der Waals surface area contributed by atoms with Gasteiger partial charge in [-0.1, -0.05) is 25.7 Å². The Morgan fingerprint density at radius 2 is 1.89 bits per heavy atom. The first-order chi connectivity index (χ1) is 8.68. The minimum absolute atomic E-state index is 0.108. The van der Waals surface area contributed by atoms with Gasteiger partial charge in [0.15, 0.2) is 0 Å². The number of hydrogen-bond donors (Lipinski definition) is 0. The number of carbonyl (C=O) groups is 2. The number of likely N-dealkylation sites (tertiary alicyclic amines) is 1. The maximum Gasteiger partial charge on any atom is 0.242 e. The van der Waals surface area contributed by atoms with Gasteiger partial charge in [-0.3, -0.25) is 9.59 Å². The molecule has 0 aromatic rings. The van der Waals surface area contributed by atoms with Crippen LogP contribution in [-0.4, -0.2) is 47.8 Å². The molecule has 2 amide bonds. The predicted octanol–water partition coefficient (Wildman–Crippen LogP) is 1.79. The lowest BCUT2D eigenvalue weighted by Crippen LogP contribution is -2.43. The van der Waals surface area contributed by atoms with E-state index in [1.165, 1.54) is 25.7 Å². The van der Waals surface area contributed by atoms with Crippen molar-refractivity contribution in [1.82, 2.24) is 9.80 Å². The van der Waals surface area contributed by atoms with Gasteiger partial charge < -0.3 is 9.80 Å². The summed E-state index contributed by atoms with van der Waals surface area (Å²) in [5.41, 5.74) is 0. The molecule has 0 bridgehead atoms. The molecule has 0 atom stereocenters. The fourth-order valence-corrected chi connectivity index (χ4v) is 2.99. The van der Waals surface area contributed by atoms with Crippen LogP contribution in [0.15, 0.2) is 0 Å². The number of carbonyl (C=O) groups excluding carboxylic acids is 2. The summed E-state index contributed by atoms with van der Waals surface area (Å²) in [7, 11) is 1.90. The first-order valence-corrected chi connectivity index (χ1v) is 7.22. The van der Waals surface area contributed by atoms with E-state index in [0.717, 1.165) is 25.8 Å². The molecule has 4 heteroatoms. The predicted molar refractivity (Wildman–Crippen MR) is 70.1 cm³/mol. The average molecular weight is 252 g/mol. The Morgan fingerprint density at radius 3 is 2.44 bits per heavy atom. The van der Waals surface area contributed by atoms with Gasteiger partial charge in [0.2, 0.25) is 11.8 Å². The zero-order chi connectivity index (χ0) is 13.0. The van der Waals surface area contributed by atoms with E-state index in [2.05, 4.69) is 0 Å². The van der Waals surface area contributed by atoms with Gasteiger partial charge >= 0.3 is 0 Å². The van der Waals surface area contributed by atoms with Gasteiger partial charge in [-0.25, -0.2) is 0 Å². The summed E-state index contributed by atoms with van der Waals surface area (Å²) >= 11 is 0. The van der Waals surface area contributed by atoms with E-state index in [9.17, 15) is 9.59 Å². The molecule has 0 aromatic carbocycles. The van der Waals surface area contributed by atoms with Gasteiger partial charge in [-0.15, -0.1) is 0 Å². The van der Waals surface area contributed by atoms with Crippen molar-refractivity contribution in [2.45, 2.75) is 57.4 Å². The van der Waals surface area contributed by atoms with E-state index in [1.54, 1.807) is 4.90 Å². The highest BCUT2D eigenvalue weighted by Gasteiger charge is 2.26. The van der Waals surface area contributed by atoms with E-state index in [-0.39, 0.29) is 18.4 Å². The molecule has 2 aliphatic rings. The number of amides is 2. The zero-order valence-corrected chi connectivity index (χ0v) is 11.4. The summed E-state index contributed by atoms with van der Waals surface area (Å²) < 4.78 is 0. The molecule has 102 valence electrons. The van der Waals surface area contributed by atoms with Crippen LogP contribution in [0.4, 0.5) is 0 Å². The van der Waals surface area contributed by atoms with Gasteiger partial charge in [0.25, 0.3) is 0 Å². The second-order valence-corrected chi connectivity index (χ2v) is 5.57. The second-order valence-electron chi connectivity index (χ2n) is 5.57. The highest BCUT2D eigenvalue weighted by atomic mass is 16.2. The first-order valence-electron chi connectivity index (χ1n) is 7.22. The third-order valence-electron chi connectivity index (χ3n) is 4.26. The smallest absolute Gasteiger partial charge is 0.242 e. The van der Waals surface area contributed by atoms with Crippen LogP contribution in [0.5, 0.6) is 0 Å². The molecule has 18 heavy (non-hydrogen) atoms. The summed E-state index contributed by atoms with van der Waals surface area (Å²) in [6.45, 7) is 1.04. The minimum atomic E-state index is 0.108. The van der Waals surface area contributed by atoms with E-state index in [0.29, 0.717) is 12.5 Å². The standard InChI is InChI=1S/C14H24N2O2/c1-15(12-7-4-2-3-5-8-12)14(18)11-16-10-6-9-13(16)17/h12H,2-11H2,1H3. The van der Waals surface area contributed by atoms with Crippen LogP contribution in [0.25, 0.3) is 0 Å². The number of rotatable bonds is 3. The second kappa shape index (κ2) is 6.21. The Hall–Kier alpha value is -1.06. The first kappa shape index (κ1) is 13.4. The summed E-state index contributed by atoms with van der Waals surface area (Å²) in [5, 5.41) is 0. The molecule has 1 heterocycles. The van der Waals surface area contributed by atoms with Crippen molar-refractivity contribution in [1.29, 1.82) is 0 Å². The molecule has 0 aromatic heterocycles. The molecule has 1 saturated carbocycles. The largest absolute Gasteiger partial charge is 0.341 e. The molecule has 1 aliphatic heterocycles. The van der Waals surface area contributed by atoms with Crippen LogP contribution in [0.2, 0.25) is 0 Å². The van der Waals surface area contributed by atoms with Crippen molar-refractivity contribution in [3.63, 3.8) is 0 Å². The van der Waals surface area contributed by atoms with Crippen molar-refractivity contribution in [2.75, 3.05) is 20.1 Å². The Morgan fingerprint density at radius 1 is 1.22 bits per heavy atom. The molecule has 4 nitrogen and oxygen atoms in total. The van der Waals surface area contributed by atoms with Gasteiger partial charge in [0, 0.05) is 26.1 Å².